The van der Waals surface area contributed by atoms with E-state index in [1.54, 1.807) is 20.0 Å². The summed E-state index contributed by atoms with van der Waals surface area (Å²) < 4.78 is 0. The molecule has 0 fully saturated rings. The molecule has 1 aliphatic carbocycles. The highest BCUT2D eigenvalue weighted by atomic mass is 16.4. The molecule has 90 valence electrons. The summed E-state index contributed by atoms with van der Waals surface area (Å²) in [6, 6.07) is 0. The third-order valence-corrected chi connectivity index (χ3v) is 3.26. The number of hydrogen-bond acceptors (Lipinski definition) is 2. The van der Waals surface area contributed by atoms with Gasteiger partial charge >= 0.3 is 5.97 Å². The van der Waals surface area contributed by atoms with E-state index in [1.807, 2.05) is 6.08 Å². The van der Waals surface area contributed by atoms with Gasteiger partial charge in [0.15, 0.2) is 0 Å². The van der Waals surface area contributed by atoms with Crippen molar-refractivity contribution in [2.24, 2.45) is 11.3 Å². The van der Waals surface area contributed by atoms with Crippen LogP contribution in [0.4, 0.5) is 0 Å². The van der Waals surface area contributed by atoms with Crippen LogP contribution in [0.1, 0.15) is 32.6 Å². The van der Waals surface area contributed by atoms with Gasteiger partial charge in [0.25, 0.3) is 0 Å². The fourth-order valence-corrected chi connectivity index (χ4v) is 2.03. The molecule has 0 heterocycles. The quantitative estimate of drug-likeness (QED) is 0.701. The highest BCUT2D eigenvalue weighted by Crippen LogP contribution is 2.31. The van der Waals surface area contributed by atoms with Crippen molar-refractivity contribution in [1.29, 1.82) is 0 Å². The van der Waals surface area contributed by atoms with Gasteiger partial charge in [-0.3, -0.25) is 9.59 Å². The predicted octanol–water partition coefficient (Wildman–Crippen LogP) is 1.57. The first-order chi connectivity index (χ1) is 7.49. The molecular formula is C12H19NO3. The molecule has 0 aromatic rings. The zero-order valence-electron chi connectivity index (χ0n) is 9.82. The minimum atomic E-state index is -0.790. The Morgan fingerprint density at radius 3 is 2.75 bits per heavy atom. The van der Waals surface area contributed by atoms with Crippen LogP contribution in [0.3, 0.4) is 0 Å². The van der Waals surface area contributed by atoms with E-state index >= 15 is 0 Å². The van der Waals surface area contributed by atoms with E-state index in [2.05, 4.69) is 5.32 Å². The van der Waals surface area contributed by atoms with E-state index in [9.17, 15) is 9.59 Å². The minimum Gasteiger partial charge on any atom is -0.481 e. The maximum absolute atomic E-state index is 11.5. The highest BCUT2D eigenvalue weighted by Gasteiger charge is 2.31. The van der Waals surface area contributed by atoms with Crippen LogP contribution >= 0.6 is 0 Å². The van der Waals surface area contributed by atoms with Crippen LogP contribution in [-0.4, -0.2) is 24.0 Å². The van der Waals surface area contributed by atoms with E-state index in [0.29, 0.717) is 12.8 Å². The average Bonchev–Trinajstić information content (AvgIpc) is 2.22. The molecule has 0 aromatic carbocycles. The molecule has 0 aromatic heterocycles. The van der Waals surface area contributed by atoms with Crippen molar-refractivity contribution in [3.05, 3.63) is 12.2 Å². The first-order valence-electron chi connectivity index (χ1n) is 5.62. The maximum atomic E-state index is 11.5. The lowest BCUT2D eigenvalue weighted by Crippen LogP contribution is -2.30. The third kappa shape index (κ3) is 2.84. The van der Waals surface area contributed by atoms with Crippen LogP contribution in [0.15, 0.2) is 12.2 Å². The van der Waals surface area contributed by atoms with Crippen molar-refractivity contribution in [1.82, 2.24) is 5.32 Å². The Labute approximate surface area is 95.7 Å². The topological polar surface area (TPSA) is 66.4 Å². The summed E-state index contributed by atoms with van der Waals surface area (Å²) in [5.41, 5.74) is -0.770. The van der Waals surface area contributed by atoms with E-state index in [-0.39, 0.29) is 11.8 Å². The first-order valence-corrected chi connectivity index (χ1v) is 5.62. The number of carbonyl (C=O) groups is 2. The van der Waals surface area contributed by atoms with Crippen LogP contribution < -0.4 is 5.32 Å². The molecular weight excluding hydrogens is 206 g/mol. The van der Waals surface area contributed by atoms with Crippen molar-refractivity contribution in [2.45, 2.75) is 32.6 Å². The minimum absolute atomic E-state index is 0.0143. The van der Waals surface area contributed by atoms with E-state index in [4.69, 9.17) is 5.11 Å². The number of carbonyl (C=O) groups excluding carboxylic acids is 1. The van der Waals surface area contributed by atoms with Crippen molar-refractivity contribution < 1.29 is 14.7 Å². The molecule has 0 bridgehead atoms. The molecule has 1 amide bonds. The van der Waals surface area contributed by atoms with Crippen molar-refractivity contribution in [3.63, 3.8) is 0 Å². The number of rotatable bonds is 2. The Morgan fingerprint density at radius 1 is 1.50 bits per heavy atom. The second kappa shape index (κ2) is 5.14. The Balaban J connectivity index is 2.72. The summed E-state index contributed by atoms with van der Waals surface area (Å²) in [6.45, 7) is 1.73. The second-order valence-electron chi connectivity index (χ2n) is 4.56. The Hall–Kier alpha value is -1.32. The summed E-state index contributed by atoms with van der Waals surface area (Å²) in [7, 11) is 1.63. The molecule has 0 radical (unpaired) electrons. The summed E-state index contributed by atoms with van der Waals surface area (Å²) >= 11 is 0. The van der Waals surface area contributed by atoms with Crippen LogP contribution in [-0.2, 0) is 9.59 Å². The SMILES string of the molecule is CNC(=O)C1C/C=C/C(C)(C(=O)O)CCC1. The summed E-state index contributed by atoms with van der Waals surface area (Å²) in [5.74, 6) is -0.759. The molecule has 0 saturated carbocycles. The van der Waals surface area contributed by atoms with Crippen molar-refractivity contribution in [2.75, 3.05) is 7.05 Å². The van der Waals surface area contributed by atoms with Gasteiger partial charge in [0.1, 0.15) is 0 Å². The Kier molecular flexibility index (Phi) is 4.10. The third-order valence-electron chi connectivity index (χ3n) is 3.26. The van der Waals surface area contributed by atoms with Gasteiger partial charge in [-0.25, -0.2) is 0 Å². The van der Waals surface area contributed by atoms with Gasteiger partial charge in [0, 0.05) is 13.0 Å². The number of allylic oxidation sites excluding steroid dienone is 1. The predicted molar refractivity (Wildman–Crippen MR) is 60.9 cm³/mol. The molecule has 0 aliphatic heterocycles. The van der Waals surface area contributed by atoms with Crippen LogP contribution in [0.5, 0.6) is 0 Å². The largest absolute Gasteiger partial charge is 0.481 e. The van der Waals surface area contributed by atoms with Gasteiger partial charge in [-0.1, -0.05) is 18.6 Å². The lowest BCUT2D eigenvalue weighted by molar-refractivity contribution is -0.145. The normalized spacial score (nSPS) is 32.2. The Morgan fingerprint density at radius 2 is 2.19 bits per heavy atom. The zero-order valence-corrected chi connectivity index (χ0v) is 9.82. The van der Waals surface area contributed by atoms with Crippen LogP contribution in [0, 0.1) is 11.3 Å². The standard InChI is InChI=1S/C12H19NO3/c1-12(11(15)16)7-3-5-9(6-4-8-12)10(14)13-2/h3,7,9H,4-6,8H2,1-2H3,(H,13,14)(H,15,16)/b7-3+. The van der Waals surface area contributed by atoms with Gasteiger partial charge in [-0.15, -0.1) is 0 Å². The summed E-state index contributed by atoms with van der Waals surface area (Å²) in [5, 5.41) is 11.7. The molecule has 2 N–H and O–H groups in total. The lowest BCUT2D eigenvalue weighted by Gasteiger charge is -2.24. The number of carboxylic acid groups (broad SMARTS) is 1. The smallest absolute Gasteiger partial charge is 0.313 e. The van der Waals surface area contributed by atoms with Gasteiger partial charge < -0.3 is 10.4 Å². The molecule has 16 heavy (non-hydrogen) atoms. The van der Waals surface area contributed by atoms with Crippen molar-refractivity contribution >= 4 is 11.9 Å². The van der Waals surface area contributed by atoms with Crippen LogP contribution in [0.25, 0.3) is 0 Å². The summed E-state index contributed by atoms with van der Waals surface area (Å²) in [4.78, 5) is 22.5. The molecule has 0 spiro atoms. The highest BCUT2D eigenvalue weighted by molar-refractivity contribution is 5.79. The summed E-state index contributed by atoms with van der Waals surface area (Å²) in [6.07, 6.45) is 6.30. The number of aliphatic carboxylic acids is 1. The zero-order chi connectivity index (χ0) is 12.2. The van der Waals surface area contributed by atoms with E-state index in [1.165, 1.54) is 0 Å². The number of amides is 1. The number of nitrogens with one attached hydrogen (secondary N) is 1. The van der Waals surface area contributed by atoms with Crippen molar-refractivity contribution in [3.8, 4) is 0 Å². The van der Waals surface area contributed by atoms with Crippen LogP contribution in [0.2, 0.25) is 0 Å². The lowest BCUT2D eigenvalue weighted by atomic mass is 9.80. The molecule has 1 rings (SSSR count). The monoisotopic (exact) mass is 225 g/mol. The molecule has 2 unspecified atom stereocenters. The molecule has 0 saturated heterocycles. The second-order valence-corrected chi connectivity index (χ2v) is 4.56. The molecule has 4 heteroatoms. The molecule has 4 nitrogen and oxygen atoms in total. The average molecular weight is 225 g/mol. The maximum Gasteiger partial charge on any atom is 0.313 e. The molecule has 2 atom stereocenters. The van der Waals surface area contributed by atoms with Gasteiger partial charge in [-0.05, 0) is 26.2 Å². The fraction of sp³-hybridized carbons (Fsp3) is 0.667. The van der Waals surface area contributed by atoms with Gasteiger partial charge in [-0.2, -0.15) is 0 Å². The van der Waals surface area contributed by atoms with E-state index in [0.717, 1.165) is 12.8 Å². The Bertz CT molecular complexity index is 311. The fourth-order valence-electron chi connectivity index (χ4n) is 2.03. The number of carboxylic acids is 1. The molecule has 1 aliphatic rings. The number of hydrogen-bond donors (Lipinski definition) is 2. The van der Waals surface area contributed by atoms with E-state index < -0.39 is 11.4 Å². The first kappa shape index (κ1) is 12.7. The van der Waals surface area contributed by atoms with Gasteiger partial charge in [0.2, 0.25) is 5.91 Å². The van der Waals surface area contributed by atoms with Gasteiger partial charge in [0.05, 0.1) is 5.41 Å².